The molecular weight excluding hydrogens is 168 g/mol. The zero-order valence-electron chi connectivity index (χ0n) is 5.95. The van der Waals surface area contributed by atoms with Gasteiger partial charge in [-0.05, 0) is 12.3 Å². The van der Waals surface area contributed by atoms with Gasteiger partial charge in [0, 0.05) is 5.25 Å². The maximum absolute atomic E-state index is 10.9. The van der Waals surface area contributed by atoms with Crippen molar-refractivity contribution in [3.8, 4) is 0 Å². The molecule has 0 aliphatic carbocycles. The van der Waals surface area contributed by atoms with Crippen LogP contribution in [0.2, 0.25) is 0 Å². The third kappa shape index (κ3) is 1.89. The Labute approximate surface area is 67.3 Å². The first-order valence-electron chi connectivity index (χ1n) is 3.40. The van der Waals surface area contributed by atoms with E-state index in [1.165, 1.54) is 0 Å². The highest BCUT2D eigenvalue weighted by Crippen LogP contribution is 2.24. The first kappa shape index (κ1) is 8.40. The van der Waals surface area contributed by atoms with E-state index < -0.39 is 9.84 Å². The summed E-state index contributed by atoms with van der Waals surface area (Å²) in [5.74, 6) is 0.994. The Morgan fingerprint density at radius 3 is 2.40 bits per heavy atom. The van der Waals surface area contributed by atoms with Gasteiger partial charge in [0.15, 0.2) is 9.84 Å². The van der Waals surface area contributed by atoms with Crippen molar-refractivity contribution in [1.29, 1.82) is 0 Å². The molecule has 60 valence electrons. The highest BCUT2D eigenvalue weighted by atomic mass is 32.2. The summed E-state index contributed by atoms with van der Waals surface area (Å²) in [4.78, 5) is 0. The fourth-order valence-electron chi connectivity index (χ4n) is 1.20. The minimum Gasteiger partial charge on any atom is -0.229 e. The lowest BCUT2D eigenvalue weighted by Crippen LogP contribution is -2.12. The summed E-state index contributed by atoms with van der Waals surface area (Å²) >= 11 is 4.21. The van der Waals surface area contributed by atoms with Crippen LogP contribution in [-0.4, -0.2) is 25.2 Å². The standard InChI is InChI=1S/C6H12O2S2/c1-5(9)6-2-3-10(7,8)4-6/h5-6,9H,2-4H2,1H3. The van der Waals surface area contributed by atoms with Gasteiger partial charge in [-0.2, -0.15) is 12.6 Å². The van der Waals surface area contributed by atoms with Crippen LogP contribution in [0.1, 0.15) is 13.3 Å². The average Bonchev–Trinajstić information content (AvgIpc) is 2.10. The Kier molecular flexibility index (Phi) is 2.30. The van der Waals surface area contributed by atoms with E-state index in [0.717, 1.165) is 6.42 Å². The fraction of sp³-hybridized carbons (Fsp3) is 1.00. The molecule has 0 aromatic carbocycles. The average molecular weight is 180 g/mol. The minimum absolute atomic E-state index is 0.220. The minimum atomic E-state index is -2.69. The number of hydrogen-bond acceptors (Lipinski definition) is 3. The first-order chi connectivity index (χ1) is 4.51. The van der Waals surface area contributed by atoms with Crippen molar-refractivity contribution in [2.24, 2.45) is 5.92 Å². The lowest BCUT2D eigenvalue weighted by Gasteiger charge is -2.09. The van der Waals surface area contributed by atoms with Crippen LogP contribution in [-0.2, 0) is 9.84 Å². The van der Waals surface area contributed by atoms with Crippen LogP contribution in [0.5, 0.6) is 0 Å². The van der Waals surface area contributed by atoms with Gasteiger partial charge in [-0.25, -0.2) is 8.42 Å². The summed E-state index contributed by atoms with van der Waals surface area (Å²) in [5, 5.41) is 0.220. The van der Waals surface area contributed by atoms with Crippen LogP contribution in [0.3, 0.4) is 0 Å². The van der Waals surface area contributed by atoms with Crippen LogP contribution in [0.15, 0.2) is 0 Å². The third-order valence-corrected chi connectivity index (χ3v) is 4.17. The summed E-state index contributed by atoms with van der Waals surface area (Å²) < 4.78 is 21.8. The summed E-state index contributed by atoms with van der Waals surface area (Å²) in [6, 6.07) is 0. The Morgan fingerprint density at radius 2 is 2.20 bits per heavy atom. The van der Waals surface area contributed by atoms with Crippen LogP contribution in [0.25, 0.3) is 0 Å². The number of thiol groups is 1. The van der Waals surface area contributed by atoms with Crippen LogP contribution < -0.4 is 0 Å². The second kappa shape index (κ2) is 2.74. The molecule has 0 N–H and O–H groups in total. The molecule has 1 aliphatic rings. The van der Waals surface area contributed by atoms with Gasteiger partial charge < -0.3 is 0 Å². The van der Waals surface area contributed by atoms with Crippen molar-refractivity contribution >= 4 is 22.5 Å². The molecule has 1 rings (SSSR count). The largest absolute Gasteiger partial charge is 0.229 e. The molecule has 0 spiro atoms. The molecule has 1 aliphatic heterocycles. The second-order valence-electron chi connectivity index (χ2n) is 2.90. The molecule has 0 aromatic heterocycles. The highest BCUT2D eigenvalue weighted by molar-refractivity contribution is 7.91. The molecule has 1 heterocycles. The van der Waals surface area contributed by atoms with Crippen molar-refractivity contribution in [2.75, 3.05) is 11.5 Å². The highest BCUT2D eigenvalue weighted by Gasteiger charge is 2.29. The first-order valence-corrected chi connectivity index (χ1v) is 5.73. The Bertz CT molecular complexity index is 206. The van der Waals surface area contributed by atoms with Gasteiger partial charge in [0.2, 0.25) is 0 Å². The van der Waals surface area contributed by atoms with Crippen molar-refractivity contribution in [3.05, 3.63) is 0 Å². The van der Waals surface area contributed by atoms with Gasteiger partial charge >= 0.3 is 0 Å². The van der Waals surface area contributed by atoms with E-state index in [0.29, 0.717) is 11.5 Å². The third-order valence-electron chi connectivity index (χ3n) is 1.95. The molecule has 0 aromatic rings. The summed E-state index contributed by atoms with van der Waals surface area (Å²) in [6.07, 6.45) is 0.799. The predicted molar refractivity (Wildman–Crippen MR) is 45.2 cm³/mol. The van der Waals surface area contributed by atoms with E-state index in [9.17, 15) is 8.42 Å². The number of hydrogen-bond donors (Lipinski definition) is 1. The normalized spacial score (nSPS) is 34.0. The summed E-state index contributed by atoms with van der Waals surface area (Å²) in [6.45, 7) is 1.95. The molecule has 0 bridgehead atoms. The monoisotopic (exact) mass is 180 g/mol. The Morgan fingerprint density at radius 1 is 1.60 bits per heavy atom. The Hall–Kier alpha value is 0.300. The lowest BCUT2D eigenvalue weighted by molar-refractivity contribution is 0.583. The Balaban J connectivity index is 2.60. The maximum Gasteiger partial charge on any atom is 0.150 e. The molecule has 2 unspecified atom stereocenters. The van der Waals surface area contributed by atoms with E-state index in [-0.39, 0.29) is 11.2 Å². The van der Waals surface area contributed by atoms with Gasteiger partial charge in [-0.3, -0.25) is 0 Å². The van der Waals surface area contributed by atoms with Crippen LogP contribution >= 0.6 is 12.6 Å². The lowest BCUT2D eigenvalue weighted by atomic mass is 10.1. The van der Waals surface area contributed by atoms with Gasteiger partial charge in [0.05, 0.1) is 11.5 Å². The quantitative estimate of drug-likeness (QED) is 0.604. The molecular formula is C6H12O2S2. The maximum atomic E-state index is 10.9. The van der Waals surface area contributed by atoms with E-state index in [1.807, 2.05) is 6.92 Å². The van der Waals surface area contributed by atoms with Crippen molar-refractivity contribution in [1.82, 2.24) is 0 Å². The fourth-order valence-corrected chi connectivity index (χ4v) is 3.54. The summed E-state index contributed by atoms with van der Waals surface area (Å²) in [7, 11) is -2.69. The van der Waals surface area contributed by atoms with E-state index in [1.54, 1.807) is 0 Å². The van der Waals surface area contributed by atoms with Gasteiger partial charge in [-0.1, -0.05) is 6.92 Å². The molecule has 2 atom stereocenters. The molecule has 10 heavy (non-hydrogen) atoms. The molecule has 0 saturated carbocycles. The SMILES string of the molecule is CC(S)C1CCS(=O)(=O)C1. The zero-order chi connectivity index (χ0) is 7.78. The second-order valence-corrected chi connectivity index (χ2v) is 5.95. The molecule has 0 radical (unpaired) electrons. The van der Waals surface area contributed by atoms with Gasteiger partial charge in [-0.15, -0.1) is 0 Å². The van der Waals surface area contributed by atoms with Crippen molar-refractivity contribution in [3.63, 3.8) is 0 Å². The molecule has 1 fully saturated rings. The van der Waals surface area contributed by atoms with Crippen LogP contribution in [0, 0.1) is 5.92 Å². The molecule has 4 heteroatoms. The van der Waals surface area contributed by atoms with E-state index in [4.69, 9.17) is 0 Å². The molecule has 1 saturated heterocycles. The summed E-state index contributed by atoms with van der Waals surface area (Å²) in [5.41, 5.74) is 0. The molecule has 2 nitrogen and oxygen atoms in total. The number of rotatable bonds is 1. The van der Waals surface area contributed by atoms with Crippen molar-refractivity contribution in [2.45, 2.75) is 18.6 Å². The van der Waals surface area contributed by atoms with Crippen LogP contribution in [0.4, 0.5) is 0 Å². The van der Waals surface area contributed by atoms with Gasteiger partial charge in [0.25, 0.3) is 0 Å². The zero-order valence-corrected chi connectivity index (χ0v) is 7.66. The molecule has 0 amide bonds. The predicted octanol–water partition coefficient (Wildman–Crippen LogP) is 0.739. The topological polar surface area (TPSA) is 34.1 Å². The van der Waals surface area contributed by atoms with E-state index in [2.05, 4.69) is 12.6 Å². The van der Waals surface area contributed by atoms with E-state index >= 15 is 0 Å². The van der Waals surface area contributed by atoms with Gasteiger partial charge in [0.1, 0.15) is 0 Å². The smallest absolute Gasteiger partial charge is 0.150 e. The van der Waals surface area contributed by atoms with Crippen molar-refractivity contribution < 1.29 is 8.42 Å². The number of sulfone groups is 1.